The Hall–Kier alpha value is -0.580. The zero-order valence-electron chi connectivity index (χ0n) is 9.15. The lowest BCUT2D eigenvalue weighted by atomic mass is 10.3. The summed E-state index contributed by atoms with van der Waals surface area (Å²) in [5.41, 5.74) is 0.756. The van der Waals surface area contributed by atoms with Gasteiger partial charge in [0.15, 0.2) is 0 Å². The van der Waals surface area contributed by atoms with Crippen LogP contribution < -0.4 is 5.32 Å². The van der Waals surface area contributed by atoms with Crippen molar-refractivity contribution in [3.63, 3.8) is 0 Å². The van der Waals surface area contributed by atoms with Crippen LogP contribution in [0, 0.1) is 0 Å². The van der Waals surface area contributed by atoms with Gasteiger partial charge in [0, 0.05) is 22.6 Å². The summed E-state index contributed by atoms with van der Waals surface area (Å²) in [6, 6.07) is 7.49. The van der Waals surface area contributed by atoms with E-state index in [2.05, 4.69) is 9.68 Å². The van der Waals surface area contributed by atoms with Gasteiger partial charge >= 0.3 is 0 Å². The van der Waals surface area contributed by atoms with Crippen LogP contribution in [-0.2, 0) is 9.73 Å². The minimum Gasteiger partial charge on any atom is -0.316 e. The number of benzene rings is 1. The van der Waals surface area contributed by atoms with Gasteiger partial charge < -0.3 is 5.32 Å². The van der Waals surface area contributed by atoms with Gasteiger partial charge in [-0.3, -0.25) is 0 Å². The molecule has 16 heavy (non-hydrogen) atoms. The predicted molar refractivity (Wildman–Crippen MR) is 68.9 cm³/mol. The monoisotopic (exact) mass is 258 g/mol. The van der Waals surface area contributed by atoms with Gasteiger partial charge in [-0.25, -0.2) is 4.21 Å². The molecule has 0 aliphatic carbocycles. The van der Waals surface area contributed by atoms with Crippen molar-refractivity contribution in [1.29, 1.82) is 0 Å². The fourth-order valence-corrected chi connectivity index (χ4v) is 4.39. The number of hydrogen-bond acceptors (Lipinski definition) is 3. The third-order valence-electron chi connectivity index (χ3n) is 2.75. The normalized spacial score (nSPS) is 29.2. The van der Waals surface area contributed by atoms with Crippen LogP contribution in [0.25, 0.3) is 0 Å². The lowest BCUT2D eigenvalue weighted by Gasteiger charge is -2.04. The number of hydrogen-bond donors (Lipinski definition) is 1. The van der Waals surface area contributed by atoms with Crippen molar-refractivity contribution in [2.45, 2.75) is 12.5 Å². The molecular weight excluding hydrogens is 244 g/mol. The number of halogens is 1. The molecule has 1 saturated heterocycles. The zero-order valence-corrected chi connectivity index (χ0v) is 10.7. The molecule has 3 nitrogen and oxygen atoms in total. The SMILES string of the molecule is CNC1CCS(=O)(=Nc2ccc(Cl)cc2)C1. The van der Waals surface area contributed by atoms with Crippen LogP contribution in [0.3, 0.4) is 0 Å². The van der Waals surface area contributed by atoms with Crippen LogP contribution in [0.4, 0.5) is 5.69 Å². The van der Waals surface area contributed by atoms with Gasteiger partial charge in [-0.2, -0.15) is 4.36 Å². The Bertz CT molecular complexity index is 477. The molecule has 2 rings (SSSR count). The molecule has 0 spiro atoms. The van der Waals surface area contributed by atoms with Crippen molar-refractivity contribution in [2.75, 3.05) is 18.6 Å². The van der Waals surface area contributed by atoms with E-state index in [1.165, 1.54) is 0 Å². The first-order valence-electron chi connectivity index (χ1n) is 5.27. The van der Waals surface area contributed by atoms with Crippen molar-refractivity contribution in [3.05, 3.63) is 29.3 Å². The van der Waals surface area contributed by atoms with Crippen LogP contribution in [0.15, 0.2) is 28.6 Å². The maximum atomic E-state index is 12.4. The molecular formula is C11H15ClN2OS. The molecule has 1 aromatic rings. The van der Waals surface area contributed by atoms with Crippen molar-refractivity contribution in [2.24, 2.45) is 4.36 Å². The summed E-state index contributed by atoms with van der Waals surface area (Å²) in [6.07, 6.45) is 0.937. The van der Waals surface area contributed by atoms with Gasteiger partial charge in [0.25, 0.3) is 0 Å². The summed E-state index contributed by atoms with van der Waals surface area (Å²) in [6.45, 7) is 0. The van der Waals surface area contributed by atoms with Crippen molar-refractivity contribution < 1.29 is 4.21 Å². The molecule has 0 aromatic heterocycles. The maximum Gasteiger partial charge on any atom is 0.0731 e. The zero-order chi connectivity index (χ0) is 11.6. The fourth-order valence-electron chi connectivity index (χ4n) is 1.81. The molecule has 1 aromatic carbocycles. The molecule has 1 aliphatic rings. The smallest absolute Gasteiger partial charge is 0.0731 e. The van der Waals surface area contributed by atoms with E-state index in [-0.39, 0.29) is 0 Å². The van der Waals surface area contributed by atoms with Crippen LogP contribution >= 0.6 is 11.6 Å². The lowest BCUT2D eigenvalue weighted by Crippen LogP contribution is -2.25. The average Bonchev–Trinajstić information content (AvgIpc) is 2.64. The van der Waals surface area contributed by atoms with Gasteiger partial charge in [-0.1, -0.05) is 11.6 Å². The molecule has 0 radical (unpaired) electrons. The Balaban J connectivity index is 2.24. The first-order chi connectivity index (χ1) is 7.61. The van der Waals surface area contributed by atoms with Gasteiger partial charge in [0.05, 0.1) is 15.4 Å². The van der Waals surface area contributed by atoms with Gasteiger partial charge in [-0.05, 0) is 37.7 Å². The minimum atomic E-state index is -2.06. The molecule has 1 fully saturated rings. The van der Waals surface area contributed by atoms with Crippen molar-refractivity contribution >= 4 is 27.0 Å². The predicted octanol–water partition coefficient (Wildman–Crippen LogP) is 2.43. The molecule has 1 heterocycles. The molecule has 5 heteroatoms. The van der Waals surface area contributed by atoms with E-state index in [0.29, 0.717) is 22.6 Å². The fraction of sp³-hybridized carbons (Fsp3) is 0.455. The second kappa shape index (κ2) is 4.73. The number of rotatable bonds is 2. The Kier molecular flexibility index (Phi) is 3.52. The van der Waals surface area contributed by atoms with E-state index in [1.54, 1.807) is 12.1 Å². The third-order valence-corrected chi connectivity index (χ3v) is 5.35. The maximum absolute atomic E-state index is 12.4. The standard InChI is InChI=1S/C11H15ClN2OS/c1-13-11-6-7-16(15,8-11)14-10-4-2-9(12)3-5-10/h2-5,11,13H,6-8H2,1H3. The van der Waals surface area contributed by atoms with Gasteiger partial charge in [0.2, 0.25) is 0 Å². The van der Waals surface area contributed by atoms with E-state index >= 15 is 0 Å². The second-order valence-electron chi connectivity index (χ2n) is 3.99. The topological polar surface area (TPSA) is 41.5 Å². The highest BCUT2D eigenvalue weighted by Crippen LogP contribution is 2.22. The van der Waals surface area contributed by atoms with E-state index in [0.717, 1.165) is 12.1 Å². The quantitative estimate of drug-likeness (QED) is 0.885. The summed E-state index contributed by atoms with van der Waals surface area (Å²) in [4.78, 5) is 0. The molecule has 1 aliphatic heterocycles. The molecule has 2 unspecified atom stereocenters. The Morgan fingerprint density at radius 2 is 2.12 bits per heavy atom. The van der Waals surface area contributed by atoms with E-state index in [9.17, 15) is 4.21 Å². The molecule has 0 saturated carbocycles. The molecule has 0 bridgehead atoms. The Morgan fingerprint density at radius 3 is 2.69 bits per heavy atom. The highest BCUT2D eigenvalue weighted by atomic mass is 35.5. The van der Waals surface area contributed by atoms with Gasteiger partial charge in [-0.15, -0.1) is 0 Å². The summed E-state index contributed by atoms with van der Waals surface area (Å²) < 4.78 is 16.7. The van der Waals surface area contributed by atoms with Crippen LogP contribution in [0.5, 0.6) is 0 Å². The van der Waals surface area contributed by atoms with Crippen LogP contribution in [0.2, 0.25) is 5.02 Å². The summed E-state index contributed by atoms with van der Waals surface area (Å²) >= 11 is 5.79. The van der Waals surface area contributed by atoms with E-state index < -0.39 is 9.73 Å². The Labute approximate surface area is 101 Å². The molecule has 88 valence electrons. The number of nitrogens with one attached hydrogen (secondary N) is 1. The Morgan fingerprint density at radius 1 is 1.44 bits per heavy atom. The summed E-state index contributed by atoms with van der Waals surface area (Å²) in [5.74, 6) is 1.33. The second-order valence-corrected chi connectivity index (χ2v) is 6.89. The van der Waals surface area contributed by atoms with Crippen molar-refractivity contribution in [1.82, 2.24) is 5.32 Å². The summed E-state index contributed by atoms with van der Waals surface area (Å²) in [7, 11) is -0.161. The van der Waals surface area contributed by atoms with Crippen molar-refractivity contribution in [3.8, 4) is 0 Å². The summed E-state index contributed by atoms with van der Waals surface area (Å²) in [5, 5.41) is 3.83. The lowest BCUT2D eigenvalue weighted by molar-refractivity contribution is 0.622. The van der Waals surface area contributed by atoms with Crippen LogP contribution in [0.1, 0.15) is 6.42 Å². The number of nitrogens with zero attached hydrogens (tertiary/aromatic N) is 1. The minimum absolute atomic E-state index is 0.337. The van der Waals surface area contributed by atoms with Gasteiger partial charge in [0.1, 0.15) is 0 Å². The third kappa shape index (κ3) is 2.75. The largest absolute Gasteiger partial charge is 0.316 e. The molecule has 0 amide bonds. The molecule has 1 N–H and O–H groups in total. The average molecular weight is 259 g/mol. The molecule has 2 atom stereocenters. The van der Waals surface area contributed by atoms with E-state index in [4.69, 9.17) is 11.6 Å². The van der Waals surface area contributed by atoms with E-state index in [1.807, 2.05) is 19.2 Å². The highest BCUT2D eigenvalue weighted by molar-refractivity contribution is 7.94. The first kappa shape index (κ1) is 11.9. The highest BCUT2D eigenvalue weighted by Gasteiger charge is 2.25. The van der Waals surface area contributed by atoms with Crippen LogP contribution in [-0.4, -0.2) is 28.8 Å². The first-order valence-corrected chi connectivity index (χ1v) is 7.50.